The van der Waals surface area contributed by atoms with Crippen LogP contribution in [0.15, 0.2) is 18.2 Å². The summed E-state index contributed by atoms with van der Waals surface area (Å²) in [6.07, 6.45) is -1.51. The Labute approximate surface area is 108 Å². The molecule has 0 aromatic heterocycles. The molecule has 1 N–H and O–H groups in total. The van der Waals surface area contributed by atoms with Crippen molar-refractivity contribution in [2.45, 2.75) is 19.6 Å². The lowest BCUT2D eigenvalue weighted by atomic mass is 10.1. The van der Waals surface area contributed by atoms with Gasteiger partial charge in [-0.1, -0.05) is 6.07 Å². The van der Waals surface area contributed by atoms with E-state index in [0.29, 0.717) is 0 Å². The van der Waals surface area contributed by atoms with Crippen molar-refractivity contribution in [1.29, 1.82) is 0 Å². The summed E-state index contributed by atoms with van der Waals surface area (Å²) in [6, 6.07) is 3.73. The second kappa shape index (κ2) is 6.89. The lowest BCUT2D eigenvalue weighted by molar-refractivity contribution is -0.150. The van der Waals surface area contributed by atoms with Gasteiger partial charge in [-0.3, -0.25) is 0 Å². The molecule has 1 aromatic carbocycles. The molecule has 19 heavy (non-hydrogen) atoms. The Kier molecular flexibility index (Phi) is 5.50. The molecule has 1 atom stereocenters. The van der Waals surface area contributed by atoms with E-state index in [4.69, 9.17) is 4.74 Å². The Hall–Kier alpha value is -1.89. The Morgan fingerprint density at radius 2 is 2.05 bits per heavy atom. The maximum Gasteiger partial charge on any atom is 0.387 e. The predicted octanol–water partition coefficient (Wildman–Crippen LogP) is 1.89. The van der Waals surface area contributed by atoms with Gasteiger partial charge in [-0.2, -0.15) is 8.78 Å². The summed E-state index contributed by atoms with van der Waals surface area (Å²) in [4.78, 5) is 11.2. The zero-order valence-corrected chi connectivity index (χ0v) is 10.4. The molecule has 5 nitrogen and oxygen atoms in total. The van der Waals surface area contributed by atoms with Gasteiger partial charge in [-0.05, 0) is 24.6 Å². The first kappa shape index (κ1) is 15.2. The molecule has 0 amide bonds. The largest absolute Gasteiger partial charge is 0.490 e. The number of benzene rings is 1. The average Bonchev–Trinajstić information content (AvgIpc) is 2.38. The molecule has 0 saturated heterocycles. The minimum atomic E-state index is -2.99. The molecule has 0 saturated carbocycles. The monoisotopic (exact) mass is 276 g/mol. The highest BCUT2D eigenvalue weighted by Crippen LogP contribution is 2.32. The summed E-state index contributed by atoms with van der Waals surface area (Å²) in [7, 11) is 1.13. The second-order valence-electron chi connectivity index (χ2n) is 3.44. The number of aliphatic hydroxyl groups is 1. The number of halogens is 2. The highest BCUT2D eigenvalue weighted by molar-refractivity contribution is 5.76. The van der Waals surface area contributed by atoms with E-state index in [2.05, 4.69) is 9.47 Å². The number of methoxy groups -OCH3 is 1. The van der Waals surface area contributed by atoms with Crippen molar-refractivity contribution < 1.29 is 32.9 Å². The van der Waals surface area contributed by atoms with Gasteiger partial charge in [0.2, 0.25) is 0 Å². The predicted molar refractivity (Wildman–Crippen MR) is 61.2 cm³/mol. The van der Waals surface area contributed by atoms with Crippen LogP contribution in [0.2, 0.25) is 0 Å². The first-order valence-electron chi connectivity index (χ1n) is 5.47. The topological polar surface area (TPSA) is 65.0 Å². The summed E-state index contributed by atoms with van der Waals surface area (Å²) in [5, 5.41) is 9.64. The summed E-state index contributed by atoms with van der Waals surface area (Å²) < 4.78 is 38.1. The number of carbonyl (C=O) groups is 1. The molecule has 0 spiro atoms. The molecule has 1 unspecified atom stereocenters. The fourth-order valence-electron chi connectivity index (χ4n) is 1.40. The molecule has 0 heterocycles. The molecular formula is C12H14F2O5. The van der Waals surface area contributed by atoms with Crippen LogP contribution < -0.4 is 9.47 Å². The third-order valence-corrected chi connectivity index (χ3v) is 2.22. The van der Waals surface area contributed by atoms with E-state index in [0.717, 1.165) is 7.11 Å². The van der Waals surface area contributed by atoms with E-state index in [1.54, 1.807) is 6.92 Å². The van der Waals surface area contributed by atoms with Crippen molar-refractivity contribution in [1.82, 2.24) is 0 Å². The van der Waals surface area contributed by atoms with Gasteiger partial charge in [0.25, 0.3) is 0 Å². The Balaban J connectivity index is 3.04. The van der Waals surface area contributed by atoms with Crippen LogP contribution in [0.25, 0.3) is 0 Å². The van der Waals surface area contributed by atoms with Gasteiger partial charge in [0.15, 0.2) is 17.6 Å². The van der Waals surface area contributed by atoms with Gasteiger partial charge in [0.1, 0.15) is 0 Å². The van der Waals surface area contributed by atoms with E-state index in [9.17, 15) is 18.7 Å². The maximum atomic E-state index is 12.2. The van der Waals surface area contributed by atoms with Crippen molar-refractivity contribution >= 4 is 5.97 Å². The van der Waals surface area contributed by atoms with Gasteiger partial charge < -0.3 is 19.3 Å². The van der Waals surface area contributed by atoms with Crippen molar-refractivity contribution in [3.8, 4) is 11.5 Å². The molecule has 0 aliphatic rings. The second-order valence-corrected chi connectivity index (χ2v) is 3.44. The van der Waals surface area contributed by atoms with Crippen molar-refractivity contribution in [2.24, 2.45) is 0 Å². The van der Waals surface area contributed by atoms with Crippen LogP contribution in [0, 0.1) is 0 Å². The van der Waals surface area contributed by atoms with Crippen LogP contribution in [-0.2, 0) is 9.53 Å². The number of ether oxygens (including phenoxy) is 3. The van der Waals surface area contributed by atoms with Crippen LogP contribution in [-0.4, -0.2) is 31.4 Å². The van der Waals surface area contributed by atoms with Gasteiger partial charge in [0.05, 0.1) is 13.7 Å². The third kappa shape index (κ3) is 4.06. The molecule has 0 radical (unpaired) electrons. The number of carbonyl (C=O) groups excluding carboxylic acids is 1. The summed E-state index contributed by atoms with van der Waals surface area (Å²) in [5.41, 5.74) is 0.164. The number of hydrogen-bond donors (Lipinski definition) is 1. The molecule has 0 aliphatic heterocycles. The van der Waals surface area contributed by atoms with Gasteiger partial charge in [0, 0.05) is 0 Å². The van der Waals surface area contributed by atoms with Crippen LogP contribution in [0.5, 0.6) is 11.5 Å². The highest BCUT2D eigenvalue weighted by atomic mass is 19.3. The quantitative estimate of drug-likeness (QED) is 0.804. The number of aliphatic hydroxyl groups excluding tert-OH is 1. The van der Waals surface area contributed by atoms with Crippen LogP contribution in [0.1, 0.15) is 18.6 Å². The third-order valence-electron chi connectivity index (χ3n) is 2.22. The maximum absolute atomic E-state index is 12.2. The number of alkyl halides is 2. The smallest absolute Gasteiger partial charge is 0.387 e. The van der Waals surface area contributed by atoms with Gasteiger partial charge in [-0.15, -0.1) is 0 Å². The molecular weight excluding hydrogens is 262 g/mol. The van der Waals surface area contributed by atoms with Gasteiger partial charge >= 0.3 is 12.6 Å². The van der Waals surface area contributed by atoms with Crippen LogP contribution in [0.4, 0.5) is 8.78 Å². The van der Waals surface area contributed by atoms with E-state index in [1.807, 2.05) is 0 Å². The SMILES string of the molecule is CCOc1cc(C(O)C(=O)OC)ccc1OC(F)F. The molecule has 0 aliphatic carbocycles. The fraction of sp³-hybridized carbons (Fsp3) is 0.417. The van der Waals surface area contributed by atoms with E-state index in [1.165, 1.54) is 18.2 Å². The fourth-order valence-corrected chi connectivity index (χ4v) is 1.40. The zero-order chi connectivity index (χ0) is 14.4. The number of esters is 1. The normalized spacial score (nSPS) is 12.1. The first-order chi connectivity index (χ1) is 8.99. The van der Waals surface area contributed by atoms with Crippen molar-refractivity contribution in [3.63, 3.8) is 0 Å². The summed E-state index contributed by atoms with van der Waals surface area (Å²) >= 11 is 0. The van der Waals surface area contributed by atoms with E-state index in [-0.39, 0.29) is 23.7 Å². The Morgan fingerprint density at radius 1 is 1.37 bits per heavy atom. The van der Waals surface area contributed by atoms with Crippen LogP contribution in [0.3, 0.4) is 0 Å². The zero-order valence-electron chi connectivity index (χ0n) is 10.4. The molecule has 1 aromatic rings. The first-order valence-corrected chi connectivity index (χ1v) is 5.47. The van der Waals surface area contributed by atoms with Gasteiger partial charge in [-0.25, -0.2) is 4.79 Å². The van der Waals surface area contributed by atoms with Crippen molar-refractivity contribution in [3.05, 3.63) is 23.8 Å². The molecule has 1 rings (SSSR count). The number of hydrogen-bond acceptors (Lipinski definition) is 5. The Morgan fingerprint density at radius 3 is 2.58 bits per heavy atom. The lowest BCUT2D eigenvalue weighted by Gasteiger charge is -2.14. The van der Waals surface area contributed by atoms with Crippen LogP contribution >= 0.6 is 0 Å². The minimum Gasteiger partial charge on any atom is -0.490 e. The highest BCUT2D eigenvalue weighted by Gasteiger charge is 2.20. The van der Waals surface area contributed by atoms with E-state index < -0.39 is 18.7 Å². The summed E-state index contributed by atoms with van der Waals surface area (Å²) in [6.45, 7) is -1.11. The standard InChI is InChI=1S/C12H14F2O5/c1-3-18-9-6-7(10(15)11(16)17-2)4-5-8(9)19-12(13)14/h4-6,10,12,15H,3H2,1-2H3. The van der Waals surface area contributed by atoms with E-state index >= 15 is 0 Å². The molecule has 106 valence electrons. The summed E-state index contributed by atoms with van der Waals surface area (Å²) in [5.74, 6) is -1.01. The number of rotatable bonds is 6. The minimum absolute atomic E-state index is 0.0169. The molecule has 0 bridgehead atoms. The Bertz CT molecular complexity index is 436. The molecule has 7 heteroatoms. The average molecular weight is 276 g/mol. The lowest BCUT2D eigenvalue weighted by Crippen LogP contribution is -2.14. The molecule has 0 fully saturated rings. The van der Waals surface area contributed by atoms with Crippen molar-refractivity contribution in [2.75, 3.05) is 13.7 Å².